The number of hydrogen-bond acceptors (Lipinski definition) is 3. The van der Waals surface area contributed by atoms with Gasteiger partial charge >= 0.3 is 0 Å². The topological polar surface area (TPSA) is 34.2 Å². The molecule has 0 fully saturated rings. The highest BCUT2D eigenvalue weighted by molar-refractivity contribution is 5.51. The first-order valence-electron chi connectivity index (χ1n) is 5.84. The molecule has 1 aromatic heterocycles. The highest BCUT2D eigenvalue weighted by atomic mass is 16.5. The molecule has 90 valence electrons. The minimum atomic E-state index is 0.0312. The van der Waals surface area contributed by atoms with E-state index in [1.165, 1.54) is 0 Å². The second-order valence-corrected chi connectivity index (χ2v) is 4.88. The van der Waals surface area contributed by atoms with Crippen molar-refractivity contribution in [2.45, 2.75) is 52.7 Å². The average Bonchev–Trinajstić information content (AvgIpc) is 2.20. The van der Waals surface area contributed by atoms with Gasteiger partial charge in [0.1, 0.15) is 0 Å². The number of nitrogens with zero attached hydrogens (tertiary/aromatic N) is 1. The Morgan fingerprint density at radius 3 is 2.69 bits per heavy atom. The molecule has 0 unspecified atom stereocenters. The lowest BCUT2D eigenvalue weighted by Gasteiger charge is -2.26. The number of nitrogens with one attached hydrogen (secondary N) is 1. The van der Waals surface area contributed by atoms with E-state index < -0.39 is 0 Å². The first-order valence-corrected chi connectivity index (χ1v) is 5.84. The molecule has 0 spiro atoms. The van der Waals surface area contributed by atoms with Crippen LogP contribution in [0.1, 0.15) is 41.0 Å². The van der Waals surface area contributed by atoms with Gasteiger partial charge in [-0.1, -0.05) is 6.92 Å². The predicted octanol–water partition coefficient (Wildman–Crippen LogP) is 3.47. The van der Waals surface area contributed by atoms with Crippen molar-refractivity contribution in [3.8, 4) is 5.75 Å². The summed E-state index contributed by atoms with van der Waals surface area (Å²) in [7, 11) is 0. The van der Waals surface area contributed by atoms with Gasteiger partial charge in [0.05, 0.1) is 6.10 Å². The van der Waals surface area contributed by atoms with E-state index in [2.05, 4.69) is 31.1 Å². The molecule has 0 aliphatic carbocycles. The molecule has 16 heavy (non-hydrogen) atoms. The largest absolute Gasteiger partial charge is 0.487 e. The second kappa shape index (κ2) is 5.19. The van der Waals surface area contributed by atoms with Crippen LogP contribution in [-0.2, 0) is 0 Å². The maximum atomic E-state index is 5.71. The summed E-state index contributed by atoms with van der Waals surface area (Å²) in [4.78, 5) is 4.33. The zero-order valence-electron chi connectivity index (χ0n) is 10.9. The van der Waals surface area contributed by atoms with E-state index in [1.54, 1.807) is 6.20 Å². The Morgan fingerprint density at radius 2 is 2.12 bits per heavy atom. The van der Waals surface area contributed by atoms with Crippen molar-refractivity contribution < 1.29 is 4.74 Å². The molecule has 0 bridgehead atoms. The first-order chi connectivity index (χ1) is 7.44. The first kappa shape index (κ1) is 12.8. The summed E-state index contributed by atoms with van der Waals surface area (Å²) in [5.41, 5.74) is 0.0312. The van der Waals surface area contributed by atoms with Gasteiger partial charge in [0, 0.05) is 11.7 Å². The molecule has 0 amide bonds. The SMILES string of the molecule is CCC(C)(C)Nc1ncccc1OC(C)C. The molecule has 0 aliphatic rings. The fraction of sp³-hybridized carbons (Fsp3) is 0.615. The number of hydrogen-bond donors (Lipinski definition) is 1. The van der Waals surface area contributed by atoms with E-state index in [0.29, 0.717) is 0 Å². The summed E-state index contributed by atoms with van der Waals surface area (Å²) in [6.07, 6.45) is 2.97. The van der Waals surface area contributed by atoms with Crippen LogP contribution in [0.5, 0.6) is 5.75 Å². The summed E-state index contributed by atoms with van der Waals surface area (Å²) < 4.78 is 5.71. The minimum absolute atomic E-state index is 0.0312. The van der Waals surface area contributed by atoms with Crippen molar-refractivity contribution in [1.29, 1.82) is 0 Å². The van der Waals surface area contributed by atoms with E-state index in [4.69, 9.17) is 4.74 Å². The van der Waals surface area contributed by atoms with Crippen molar-refractivity contribution in [3.05, 3.63) is 18.3 Å². The van der Waals surface area contributed by atoms with Crippen LogP contribution in [0, 0.1) is 0 Å². The summed E-state index contributed by atoms with van der Waals surface area (Å²) in [5.74, 6) is 1.64. The molecule has 1 rings (SSSR count). The Balaban J connectivity index is 2.86. The molecule has 0 radical (unpaired) electrons. The van der Waals surface area contributed by atoms with Crippen molar-refractivity contribution in [1.82, 2.24) is 4.98 Å². The molecular formula is C13H22N2O. The standard InChI is InChI=1S/C13H22N2O/c1-6-13(4,5)15-12-11(16-10(2)3)8-7-9-14-12/h7-10H,6H2,1-5H3,(H,14,15). The van der Waals surface area contributed by atoms with Crippen LogP contribution in [0.3, 0.4) is 0 Å². The van der Waals surface area contributed by atoms with Gasteiger partial charge in [-0.25, -0.2) is 4.98 Å². The van der Waals surface area contributed by atoms with E-state index in [-0.39, 0.29) is 11.6 Å². The van der Waals surface area contributed by atoms with E-state index in [0.717, 1.165) is 18.0 Å². The van der Waals surface area contributed by atoms with E-state index in [9.17, 15) is 0 Å². The second-order valence-electron chi connectivity index (χ2n) is 4.88. The molecule has 0 aromatic carbocycles. The highest BCUT2D eigenvalue weighted by Crippen LogP contribution is 2.26. The lowest BCUT2D eigenvalue weighted by atomic mass is 10.0. The molecule has 1 aromatic rings. The van der Waals surface area contributed by atoms with Crippen LogP contribution < -0.4 is 10.1 Å². The number of aromatic nitrogens is 1. The maximum absolute atomic E-state index is 5.71. The van der Waals surface area contributed by atoms with Crippen LogP contribution in [-0.4, -0.2) is 16.6 Å². The van der Waals surface area contributed by atoms with Gasteiger partial charge in [-0.15, -0.1) is 0 Å². The molecular weight excluding hydrogens is 200 g/mol. The van der Waals surface area contributed by atoms with Crippen molar-refractivity contribution in [3.63, 3.8) is 0 Å². The zero-order chi connectivity index (χ0) is 12.2. The summed E-state index contributed by atoms with van der Waals surface area (Å²) in [5, 5.41) is 3.41. The smallest absolute Gasteiger partial charge is 0.169 e. The zero-order valence-corrected chi connectivity index (χ0v) is 10.9. The summed E-state index contributed by atoms with van der Waals surface area (Å²) in [6.45, 7) is 10.5. The van der Waals surface area contributed by atoms with E-state index in [1.807, 2.05) is 26.0 Å². The Labute approximate surface area is 98.2 Å². The molecule has 0 aliphatic heterocycles. The van der Waals surface area contributed by atoms with Gasteiger partial charge in [0.15, 0.2) is 11.6 Å². The monoisotopic (exact) mass is 222 g/mol. The molecule has 0 atom stereocenters. The quantitative estimate of drug-likeness (QED) is 0.828. The summed E-state index contributed by atoms with van der Waals surface area (Å²) >= 11 is 0. The fourth-order valence-electron chi connectivity index (χ4n) is 1.24. The number of rotatable bonds is 5. The number of anilines is 1. The van der Waals surface area contributed by atoms with Gasteiger partial charge < -0.3 is 10.1 Å². The molecule has 1 N–H and O–H groups in total. The third-order valence-electron chi connectivity index (χ3n) is 2.47. The minimum Gasteiger partial charge on any atom is -0.487 e. The third-order valence-corrected chi connectivity index (χ3v) is 2.47. The van der Waals surface area contributed by atoms with Crippen LogP contribution in [0.4, 0.5) is 5.82 Å². The lowest BCUT2D eigenvalue weighted by Crippen LogP contribution is -2.30. The van der Waals surface area contributed by atoms with Crippen molar-refractivity contribution in [2.75, 3.05) is 5.32 Å². The molecule has 3 heteroatoms. The average molecular weight is 222 g/mol. The number of ether oxygens (including phenoxy) is 1. The van der Waals surface area contributed by atoms with Crippen molar-refractivity contribution >= 4 is 5.82 Å². The fourth-order valence-corrected chi connectivity index (χ4v) is 1.24. The highest BCUT2D eigenvalue weighted by Gasteiger charge is 2.17. The Hall–Kier alpha value is -1.25. The normalized spacial score (nSPS) is 11.6. The Morgan fingerprint density at radius 1 is 1.44 bits per heavy atom. The summed E-state index contributed by atoms with van der Waals surface area (Å²) in [6, 6.07) is 3.84. The van der Waals surface area contributed by atoms with Gasteiger partial charge in [0.25, 0.3) is 0 Å². The molecule has 3 nitrogen and oxygen atoms in total. The Kier molecular flexibility index (Phi) is 4.16. The molecule has 0 saturated carbocycles. The maximum Gasteiger partial charge on any atom is 0.169 e. The molecule has 0 saturated heterocycles. The van der Waals surface area contributed by atoms with Crippen molar-refractivity contribution in [2.24, 2.45) is 0 Å². The van der Waals surface area contributed by atoms with Crippen LogP contribution in [0.25, 0.3) is 0 Å². The lowest BCUT2D eigenvalue weighted by molar-refractivity contribution is 0.242. The number of pyridine rings is 1. The van der Waals surface area contributed by atoms with Crippen LogP contribution in [0.2, 0.25) is 0 Å². The Bertz CT molecular complexity index is 334. The van der Waals surface area contributed by atoms with Crippen LogP contribution in [0.15, 0.2) is 18.3 Å². The van der Waals surface area contributed by atoms with Gasteiger partial charge in [-0.2, -0.15) is 0 Å². The van der Waals surface area contributed by atoms with Gasteiger partial charge in [-0.3, -0.25) is 0 Å². The molecule has 1 heterocycles. The van der Waals surface area contributed by atoms with Crippen LogP contribution >= 0.6 is 0 Å². The third kappa shape index (κ3) is 3.72. The van der Waals surface area contributed by atoms with Gasteiger partial charge in [0.2, 0.25) is 0 Å². The predicted molar refractivity (Wildman–Crippen MR) is 68.0 cm³/mol. The van der Waals surface area contributed by atoms with Gasteiger partial charge in [-0.05, 0) is 46.2 Å². The van der Waals surface area contributed by atoms with E-state index >= 15 is 0 Å².